The number of carboxylic acids is 1. The van der Waals surface area contributed by atoms with Crippen LogP contribution in [-0.2, 0) is 24.0 Å². The predicted molar refractivity (Wildman–Crippen MR) is 83.7 cm³/mol. The van der Waals surface area contributed by atoms with Crippen LogP contribution in [0.4, 0.5) is 0 Å². The Bertz CT molecular complexity index is 523. The van der Waals surface area contributed by atoms with Gasteiger partial charge in [0, 0.05) is 6.42 Å². The summed E-state index contributed by atoms with van der Waals surface area (Å²) < 4.78 is 0. The van der Waals surface area contributed by atoms with Gasteiger partial charge >= 0.3 is 5.97 Å². The van der Waals surface area contributed by atoms with Gasteiger partial charge in [0.05, 0.1) is 19.2 Å². The summed E-state index contributed by atoms with van der Waals surface area (Å²) >= 11 is 0. The van der Waals surface area contributed by atoms with E-state index >= 15 is 0 Å². The van der Waals surface area contributed by atoms with Crippen molar-refractivity contribution in [3.8, 4) is 0 Å². The van der Waals surface area contributed by atoms with E-state index in [4.69, 9.17) is 16.6 Å². The molecule has 12 nitrogen and oxygen atoms in total. The lowest BCUT2D eigenvalue weighted by molar-refractivity contribution is -0.144. The van der Waals surface area contributed by atoms with E-state index in [1.54, 1.807) is 0 Å². The van der Waals surface area contributed by atoms with Crippen LogP contribution in [-0.4, -0.2) is 71.1 Å². The second-order valence-electron chi connectivity index (χ2n) is 5.17. The third-order valence-electron chi connectivity index (χ3n) is 3.00. The number of nitrogens with two attached hydrogens (primary N) is 2. The number of aliphatic hydroxyl groups excluding tert-OH is 1. The molecule has 3 atom stereocenters. The number of hydrogen-bond acceptors (Lipinski definition) is 7. The van der Waals surface area contributed by atoms with Gasteiger partial charge in [0.1, 0.15) is 6.04 Å². The predicted octanol–water partition coefficient (Wildman–Crippen LogP) is -4.24. The van der Waals surface area contributed by atoms with E-state index in [2.05, 4.69) is 10.6 Å². The Morgan fingerprint density at radius 1 is 1.08 bits per heavy atom. The molecule has 0 radical (unpaired) electrons. The van der Waals surface area contributed by atoms with Crippen molar-refractivity contribution in [1.82, 2.24) is 16.0 Å². The fourth-order valence-electron chi connectivity index (χ4n) is 1.71. The fourth-order valence-corrected chi connectivity index (χ4v) is 1.71. The van der Waals surface area contributed by atoms with Crippen LogP contribution in [0.1, 0.15) is 19.8 Å². The molecule has 4 amide bonds. The van der Waals surface area contributed by atoms with Crippen LogP contribution in [0.5, 0.6) is 0 Å². The van der Waals surface area contributed by atoms with Crippen LogP contribution in [0.3, 0.4) is 0 Å². The molecular formula is C13H23N5O7. The highest BCUT2D eigenvalue weighted by atomic mass is 16.4. The minimum absolute atomic E-state index is 0.0973. The molecule has 0 aliphatic heterocycles. The molecular weight excluding hydrogens is 338 g/mol. The first-order valence-electron chi connectivity index (χ1n) is 7.34. The van der Waals surface area contributed by atoms with Crippen molar-refractivity contribution in [2.45, 2.75) is 38.0 Å². The third kappa shape index (κ3) is 9.22. The average molecular weight is 361 g/mol. The molecule has 0 aromatic rings. The number of nitrogens with one attached hydrogen (secondary N) is 3. The number of carbonyl (C=O) groups excluding carboxylic acids is 4. The first kappa shape index (κ1) is 22.3. The number of hydrogen-bond donors (Lipinski definition) is 7. The summed E-state index contributed by atoms with van der Waals surface area (Å²) in [6, 6.07) is -2.67. The Morgan fingerprint density at radius 3 is 2.12 bits per heavy atom. The Labute approximate surface area is 143 Å². The van der Waals surface area contributed by atoms with Crippen molar-refractivity contribution in [1.29, 1.82) is 0 Å². The van der Waals surface area contributed by atoms with Gasteiger partial charge in [0.25, 0.3) is 0 Å². The zero-order valence-electron chi connectivity index (χ0n) is 13.7. The molecule has 142 valence electrons. The lowest BCUT2D eigenvalue weighted by atomic mass is 10.1. The molecule has 0 bridgehead atoms. The summed E-state index contributed by atoms with van der Waals surface area (Å²) in [5.74, 6) is -4.40. The van der Waals surface area contributed by atoms with Crippen LogP contribution in [0.25, 0.3) is 0 Å². The smallest absolute Gasteiger partial charge is 0.328 e. The molecule has 9 N–H and O–H groups in total. The molecule has 0 aromatic carbocycles. The number of aliphatic hydroxyl groups is 1. The van der Waals surface area contributed by atoms with E-state index < -0.39 is 54.3 Å². The van der Waals surface area contributed by atoms with Crippen molar-refractivity contribution in [3.63, 3.8) is 0 Å². The van der Waals surface area contributed by atoms with Crippen molar-refractivity contribution in [3.05, 3.63) is 0 Å². The standard InChI is InChI=1S/C13H23N5O7/c1-6(19)11(13(24)25)18-10(22)5-16-12(23)7(2-3-8(15)20)17-9(21)4-14/h6-7,11,19H,2-5,14H2,1H3,(H2,15,20)(H,16,23)(H,17,21)(H,18,22)(H,24,25). The van der Waals surface area contributed by atoms with E-state index in [0.29, 0.717) is 0 Å². The van der Waals surface area contributed by atoms with Crippen LogP contribution in [0.2, 0.25) is 0 Å². The van der Waals surface area contributed by atoms with Gasteiger partial charge < -0.3 is 37.6 Å². The van der Waals surface area contributed by atoms with Gasteiger partial charge in [-0.15, -0.1) is 0 Å². The van der Waals surface area contributed by atoms with Gasteiger partial charge in [-0.1, -0.05) is 0 Å². The van der Waals surface area contributed by atoms with E-state index in [1.807, 2.05) is 5.32 Å². The van der Waals surface area contributed by atoms with Crippen LogP contribution in [0.15, 0.2) is 0 Å². The first-order valence-corrected chi connectivity index (χ1v) is 7.34. The van der Waals surface area contributed by atoms with Crippen LogP contribution in [0, 0.1) is 0 Å². The van der Waals surface area contributed by atoms with Crippen LogP contribution >= 0.6 is 0 Å². The normalized spacial score (nSPS) is 13.9. The van der Waals surface area contributed by atoms with E-state index in [-0.39, 0.29) is 19.4 Å². The van der Waals surface area contributed by atoms with Crippen molar-refractivity contribution in [2.75, 3.05) is 13.1 Å². The number of carbonyl (C=O) groups is 5. The molecule has 0 aromatic heterocycles. The molecule has 0 aliphatic rings. The summed E-state index contributed by atoms with van der Waals surface area (Å²) in [5.41, 5.74) is 10.1. The van der Waals surface area contributed by atoms with Gasteiger partial charge in [0.15, 0.2) is 6.04 Å². The summed E-state index contributed by atoms with van der Waals surface area (Å²) in [5, 5.41) is 24.6. The van der Waals surface area contributed by atoms with Gasteiger partial charge in [-0.3, -0.25) is 19.2 Å². The number of primary amides is 1. The second kappa shape index (κ2) is 10.9. The van der Waals surface area contributed by atoms with E-state index in [0.717, 1.165) is 0 Å². The Kier molecular flexibility index (Phi) is 9.74. The summed E-state index contributed by atoms with van der Waals surface area (Å²) in [4.78, 5) is 56.6. The number of carboxylic acid groups (broad SMARTS) is 1. The maximum atomic E-state index is 12.0. The van der Waals surface area contributed by atoms with E-state index in [1.165, 1.54) is 6.92 Å². The molecule has 0 saturated heterocycles. The molecule has 0 saturated carbocycles. The highest BCUT2D eigenvalue weighted by Gasteiger charge is 2.26. The molecule has 0 fully saturated rings. The monoisotopic (exact) mass is 361 g/mol. The molecule has 3 unspecified atom stereocenters. The quantitative estimate of drug-likeness (QED) is 0.191. The summed E-state index contributed by atoms with van der Waals surface area (Å²) in [6.07, 6.45) is -1.62. The van der Waals surface area contributed by atoms with Crippen molar-refractivity contribution >= 4 is 29.6 Å². The van der Waals surface area contributed by atoms with Crippen molar-refractivity contribution in [2.24, 2.45) is 11.5 Å². The molecule has 0 spiro atoms. The van der Waals surface area contributed by atoms with Gasteiger partial charge in [-0.05, 0) is 13.3 Å². The van der Waals surface area contributed by atoms with Crippen LogP contribution < -0.4 is 27.4 Å². The number of aliphatic carboxylic acids is 1. The largest absolute Gasteiger partial charge is 0.480 e. The maximum absolute atomic E-state index is 12.0. The Hall–Kier alpha value is -2.73. The molecule has 0 heterocycles. The third-order valence-corrected chi connectivity index (χ3v) is 3.00. The Morgan fingerprint density at radius 2 is 1.68 bits per heavy atom. The summed E-state index contributed by atoms with van der Waals surface area (Å²) in [6.45, 7) is 0.205. The molecule has 25 heavy (non-hydrogen) atoms. The maximum Gasteiger partial charge on any atom is 0.328 e. The first-order chi connectivity index (χ1) is 11.6. The number of rotatable bonds is 11. The lowest BCUT2D eigenvalue weighted by Gasteiger charge is -2.19. The minimum atomic E-state index is -1.54. The fraction of sp³-hybridized carbons (Fsp3) is 0.615. The van der Waals surface area contributed by atoms with Gasteiger partial charge in [-0.2, -0.15) is 0 Å². The zero-order valence-corrected chi connectivity index (χ0v) is 13.7. The highest BCUT2D eigenvalue weighted by Crippen LogP contribution is 1.98. The van der Waals surface area contributed by atoms with Crippen molar-refractivity contribution < 1.29 is 34.2 Å². The summed E-state index contributed by atoms with van der Waals surface area (Å²) in [7, 11) is 0. The molecule has 12 heteroatoms. The lowest BCUT2D eigenvalue weighted by Crippen LogP contribution is -2.53. The number of amides is 4. The van der Waals surface area contributed by atoms with Gasteiger partial charge in [-0.25, -0.2) is 4.79 Å². The molecule has 0 aliphatic carbocycles. The topological polar surface area (TPSA) is 214 Å². The molecule has 0 rings (SSSR count). The van der Waals surface area contributed by atoms with E-state index in [9.17, 15) is 29.1 Å². The minimum Gasteiger partial charge on any atom is -0.480 e. The second-order valence-corrected chi connectivity index (χ2v) is 5.17. The SMILES string of the molecule is CC(O)C(NC(=O)CNC(=O)C(CCC(N)=O)NC(=O)CN)C(=O)O. The Balaban J connectivity index is 4.66. The van der Waals surface area contributed by atoms with Gasteiger partial charge in [0.2, 0.25) is 23.6 Å². The zero-order chi connectivity index (χ0) is 19.6. The highest BCUT2D eigenvalue weighted by molar-refractivity contribution is 5.92. The average Bonchev–Trinajstić information content (AvgIpc) is 2.52.